The quantitative estimate of drug-likeness (QED) is 0.598. The van der Waals surface area contributed by atoms with Crippen LogP contribution in [0.25, 0.3) is 6.08 Å². The largest absolute Gasteiger partial charge is 0.454 e. The van der Waals surface area contributed by atoms with Crippen LogP contribution in [-0.2, 0) is 16.1 Å². The molecule has 3 aromatic carbocycles. The van der Waals surface area contributed by atoms with Crippen molar-refractivity contribution in [3.63, 3.8) is 0 Å². The van der Waals surface area contributed by atoms with E-state index in [2.05, 4.69) is 5.32 Å². The van der Waals surface area contributed by atoms with E-state index in [9.17, 15) is 9.59 Å². The topological polar surface area (TPSA) is 67.9 Å². The molecule has 0 spiro atoms. The van der Waals surface area contributed by atoms with Crippen LogP contribution in [0.1, 0.15) is 18.1 Å². The molecule has 6 nitrogen and oxygen atoms in total. The molecule has 0 atom stereocenters. The lowest BCUT2D eigenvalue weighted by Gasteiger charge is -2.22. The van der Waals surface area contributed by atoms with Gasteiger partial charge in [0.25, 0.3) is 5.91 Å². The molecule has 1 heterocycles. The fourth-order valence-corrected chi connectivity index (χ4v) is 3.26. The lowest BCUT2D eigenvalue weighted by molar-refractivity contribution is -0.115. The Balaban J connectivity index is 1.53. The minimum absolute atomic E-state index is 0.125. The monoisotopic (exact) mass is 414 g/mol. The highest BCUT2D eigenvalue weighted by molar-refractivity contribution is 6.03. The highest BCUT2D eigenvalue weighted by atomic mass is 16.7. The van der Waals surface area contributed by atoms with Crippen molar-refractivity contribution in [2.45, 2.75) is 13.5 Å². The van der Waals surface area contributed by atoms with E-state index in [0.717, 1.165) is 16.8 Å². The molecule has 0 aliphatic carbocycles. The standard InChI is InChI=1S/C25H22N2O4/c1-18(28)26-21-11-7-19(8-12-21)10-14-25(29)27(22-5-3-2-4-6-22)16-20-9-13-23-24(15-20)31-17-30-23/h2-15H,16-17H2,1H3,(H,26,28). The zero-order chi connectivity index (χ0) is 21.6. The summed E-state index contributed by atoms with van der Waals surface area (Å²) in [6.07, 6.45) is 3.31. The summed E-state index contributed by atoms with van der Waals surface area (Å²) in [5.74, 6) is 1.13. The van der Waals surface area contributed by atoms with Crippen molar-refractivity contribution in [3.8, 4) is 11.5 Å². The Morgan fingerprint density at radius 3 is 2.45 bits per heavy atom. The minimum Gasteiger partial charge on any atom is -0.454 e. The van der Waals surface area contributed by atoms with Crippen molar-refractivity contribution < 1.29 is 19.1 Å². The smallest absolute Gasteiger partial charge is 0.251 e. The molecule has 31 heavy (non-hydrogen) atoms. The first-order valence-corrected chi connectivity index (χ1v) is 9.89. The van der Waals surface area contributed by atoms with E-state index in [1.165, 1.54) is 6.92 Å². The highest BCUT2D eigenvalue weighted by Gasteiger charge is 2.17. The number of hydrogen-bond acceptors (Lipinski definition) is 4. The van der Waals surface area contributed by atoms with E-state index in [1.807, 2.05) is 60.7 Å². The summed E-state index contributed by atoms with van der Waals surface area (Å²) in [7, 11) is 0. The van der Waals surface area contributed by atoms with E-state index >= 15 is 0 Å². The second kappa shape index (κ2) is 9.17. The molecule has 1 aliphatic heterocycles. The molecular formula is C25H22N2O4. The third kappa shape index (κ3) is 5.11. The summed E-state index contributed by atoms with van der Waals surface area (Å²) in [4.78, 5) is 25.9. The molecule has 0 aromatic heterocycles. The maximum absolute atomic E-state index is 13.1. The van der Waals surface area contributed by atoms with Gasteiger partial charge in [-0.2, -0.15) is 0 Å². The lowest BCUT2D eigenvalue weighted by atomic mass is 10.1. The van der Waals surface area contributed by atoms with Crippen LogP contribution in [0.3, 0.4) is 0 Å². The molecule has 0 fully saturated rings. The van der Waals surface area contributed by atoms with Crippen LogP contribution in [0.15, 0.2) is 78.9 Å². The van der Waals surface area contributed by atoms with Crippen LogP contribution in [0.2, 0.25) is 0 Å². The SMILES string of the molecule is CC(=O)Nc1ccc(C=CC(=O)N(Cc2ccc3c(c2)OCO3)c2ccccc2)cc1. The first kappa shape index (κ1) is 20.2. The number of amides is 2. The van der Waals surface area contributed by atoms with E-state index < -0.39 is 0 Å². The lowest BCUT2D eigenvalue weighted by Crippen LogP contribution is -2.28. The molecule has 3 aromatic rings. The Labute approximate surface area is 180 Å². The Kier molecular flexibility index (Phi) is 5.98. The van der Waals surface area contributed by atoms with Crippen LogP contribution >= 0.6 is 0 Å². The third-order valence-electron chi connectivity index (χ3n) is 4.76. The molecule has 156 valence electrons. The summed E-state index contributed by atoms with van der Waals surface area (Å²) in [6.45, 7) is 2.07. The van der Waals surface area contributed by atoms with Gasteiger partial charge in [-0.15, -0.1) is 0 Å². The van der Waals surface area contributed by atoms with Gasteiger partial charge in [0.2, 0.25) is 12.7 Å². The summed E-state index contributed by atoms with van der Waals surface area (Å²) in [5.41, 5.74) is 3.31. The van der Waals surface area contributed by atoms with Gasteiger partial charge in [0.05, 0.1) is 6.54 Å². The van der Waals surface area contributed by atoms with Crippen molar-refractivity contribution in [1.82, 2.24) is 0 Å². The molecule has 2 amide bonds. The molecule has 0 radical (unpaired) electrons. The number of benzene rings is 3. The molecule has 0 bridgehead atoms. The van der Waals surface area contributed by atoms with Crippen LogP contribution in [0.5, 0.6) is 11.5 Å². The molecule has 6 heteroatoms. The van der Waals surface area contributed by atoms with Crippen LogP contribution < -0.4 is 19.7 Å². The van der Waals surface area contributed by atoms with Gasteiger partial charge in [-0.25, -0.2) is 0 Å². The molecule has 4 rings (SSSR count). The van der Waals surface area contributed by atoms with Crippen LogP contribution in [0, 0.1) is 0 Å². The van der Waals surface area contributed by atoms with Gasteiger partial charge >= 0.3 is 0 Å². The van der Waals surface area contributed by atoms with Crippen LogP contribution in [0.4, 0.5) is 11.4 Å². The van der Waals surface area contributed by atoms with Crippen molar-refractivity contribution in [1.29, 1.82) is 0 Å². The number of nitrogens with one attached hydrogen (secondary N) is 1. The number of ether oxygens (including phenoxy) is 2. The molecule has 0 unspecified atom stereocenters. The fourth-order valence-electron chi connectivity index (χ4n) is 3.26. The van der Waals surface area contributed by atoms with Crippen molar-refractivity contribution in [2.24, 2.45) is 0 Å². The first-order chi connectivity index (χ1) is 15.1. The summed E-state index contributed by atoms with van der Waals surface area (Å²) < 4.78 is 10.8. The number of hydrogen-bond donors (Lipinski definition) is 1. The number of carbonyl (C=O) groups excluding carboxylic acids is 2. The first-order valence-electron chi connectivity index (χ1n) is 9.89. The molecule has 1 N–H and O–H groups in total. The van der Waals surface area contributed by atoms with Crippen molar-refractivity contribution >= 4 is 29.3 Å². The normalized spacial score (nSPS) is 12.0. The van der Waals surface area contributed by atoms with E-state index in [0.29, 0.717) is 23.7 Å². The fraction of sp³-hybridized carbons (Fsp3) is 0.120. The Morgan fingerprint density at radius 1 is 0.968 bits per heavy atom. The van der Waals surface area contributed by atoms with Gasteiger partial charge in [0, 0.05) is 24.4 Å². The van der Waals surface area contributed by atoms with E-state index in [-0.39, 0.29) is 18.6 Å². The number of anilines is 2. The number of carbonyl (C=O) groups is 2. The van der Waals surface area contributed by atoms with Gasteiger partial charge in [-0.3, -0.25) is 9.59 Å². The number of para-hydroxylation sites is 1. The van der Waals surface area contributed by atoms with E-state index in [1.54, 1.807) is 29.2 Å². The maximum atomic E-state index is 13.1. The summed E-state index contributed by atoms with van der Waals surface area (Å²) in [6, 6.07) is 22.5. The van der Waals surface area contributed by atoms with Gasteiger partial charge in [0.1, 0.15) is 0 Å². The predicted octanol–water partition coefficient (Wildman–Crippen LogP) is 4.62. The average Bonchev–Trinajstić information content (AvgIpc) is 3.25. The predicted molar refractivity (Wildman–Crippen MR) is 120 cm³/mol. The Hall–Kier alpha value is -4.06. The molecule has 1 aliphatic rings. The Morgan fingerprint density at radius 2 is 1.71 bits per heavy atom. The number of rotatable bonds is 6. The maximum Gasteiger partial charge on any atom is 0.251 e. The summed E-state index contributed by atoms with van der Waals surface area (Å²) >= 11 is 0. The van der Waals surface area contributed by atoms with E-state index in [4.69, 9.17) is 9.47 Å². The second-order valence-electron chi connectivity index (χ2n) is 7.08. The molecular weight excluding hydrogens is 392 g/mol. The zero-order valence-corrected chi connectivity index (χ0v) is 17.1. The minimum atomic E-state index is -0.144. The number of fused-ring (bicyclic) bond motifs is 1. The second-order valence-corrected chi connectivity index (χ2v) is 7.08. The Bertz CT molecular complexity index is 1110. The molecule has 0 saturated heterocycles. The third-order valence-corrected chi connectivity index (χ3v) is 4.76. The van der Waals surface area contributed by atoms with Gasteiger partial charge < -0.3 is 19.7 Å². The van der Waals surface area contributed by atoms with Crippen molar-refractivity contribution in [2.75, 3.05) is 17.0 Å². The summed E-state index contributed by atoms with van der Waals surface area (Å²) in [5, 5.41) is 2.72. The average molecular weight is 414 g/mol. The van der Waals surface area contributed by atoms with Gasteiger partial charge in [0.15, 0.2) is 11.5 Å². The van der Waals surface area contributed by atoms with Gasteiger partial charge in [-0.05, 0) is 53.6 Å². The molecule has 0 saturated carbocycles. The zero-order valence-electron chi connectivity index (χ0n) is 17.1. The van der Waals surface area contributed by atoms with Crippen LogP contribution in [-0.4, -0.2) is 18.6 Å². The van der Waals surface area contributed by atoms with Gasteiger partial charge in [-0.1, -0.05) is 36.4 Å². The highest BCUT2D eigenvalue weighted by Crippen LogP contribution is 2.33. The number of nitrogens with zero attached hydrogens (tertiary/aromatic N) is 1. The van der Waals surface area contributed by atoms with Crippen molar-refractivity contribution in [3.05, 3.63) is 90.0 Å².